The van der Waals surface area contributed by atoms with Crippen molar-refractivity contribution in [1.82, 2.24) is 4.90 Å². The monoisotopic (exact) mass is 367 g/mol. The van der Waals surface area contributed by atoms with Crippen LogP contribution < -0.4 is 0 Å². The second-order valence-electron chi connectivity index (χ2n) is 4.41. The number of nitrogens with one attached hydrogen (secondary N) is 1. The zero-order chi connectivity index (χ0) is 9.90. The molecule has 1 heterocycles. The molecule has 1 saturated carbocycles. The minimum absolute atomic E-state index is 0. The fourth-order valence-electron chi connectivity index (χ4n) is 2.49. The van der Waals surface area contributed by atoms with Crippen LogP contribution in [-0.4, -0.2) is 31.1 Å². The standard InChI is InChI=1S/C9H17N2.C2H6.W/c1-11-4-2-9(3-5-11)6-8(10)7-9;1-2;/h8,10H,2-7H2,1H3;1-2H3;/q-1;;. The molecule has 0 amide bonds. The number of likely N-dealkylation sites (tertiary alicyclic amines) is 1. The van der Waals surface area contributed by atoms with Crippen LogP contribution in [0.25, 0.3) is 5.73 Å². The van der Waals surface area contributed by atoms with Crippen LogP contribution in [0, 0.1) is 5.41 Å². The average Bonchev–Trinajstić information content (AvgIpc) is 2.11. The number of nitrogens with zero attached hydrogens (tertiary/aromatic N) is 1. The van der Waals surface area contributed by atoms with Crippen LogP contribution in [0.3, 0.4) is 0 Å². The fraction of sp³-hybridized carbons (Fsp3) is 1.00. The van der Waals surface area contributed by atoms with Gasteiger partial charge in [0.25, 0.3) is 0 Å². The van der Waals surface area contributed by atoms with Gasteiger partial charge in [-0.05, 0) is 38.4 Å². The predicted octanol–water partition coefficient (Wildman–Crippen LogP) is 2.94. The largest absolute Gasteiger partial charge is 0.675 e. The van der Waals surface area contributed by atoms with Crippen molar-refractivity contribution in [3.05, 3.63) is 5.73 Å². The predicted molar refractivity (Wildman–Crippen MR) is 57.9 cm³/mol. The maximum Gasteiger partial charge on any atom is 0 e. The quantitative estimate of drug-likeness (QED) is 0.647. The molecule has 2 rings (SSSR count). The van der Waals surface area contributed by atoms with Crippen molar-refractivity contribution in [2.75, 3.05) is 20.1 Å². The molecule has 2 fully saturated rings. The van der Waals surface area contributed by atoms with Crippen LogP contribution in [0.2, 0.25) is 0 Å². The Bertz CT molecular complexity index is 145. The minimum atomic E-state index is 0. The molecule has 2 nitrogen and oxygen atoms in total. The SMILES string of the molecule is CC.CN1CCC2(CC1)CC([NH-])C2.[W]. The molecule has 0 unspecified atom stereocenters. The Kier molecular flexibility index (Phi) is 6.52. The van der Waals surface area contributed by atoms with E-state index in [4.69, 9.17) is 5.73 Å². The van der Waals surface area contributed by atoms with Gasteiger partial charge in [0.1, 0.15) is 0 Å². The average molecular weight is 367 g/mol. The van der Waals surface area contributed by atoms with Crippen molar-refractivity contribution < 1.29 is 21.1 Å². The third-order valence-electron chi connectivity index (χ3n) is 3.41. The smallest absolute Gasteiger partial charge is 0 e. The third kappa shape index (κ3) is 3.32. The maximum absolute atomic E-state index is 7.51. The Labute approximate surface area is 103 Å². The van der Waals surface area contributed by atoms with Crippen LogP contribution in [-0.2, 0) is 21.1 Å². The van der Waals surface area contributed by atoms with E-state index in [-0.39, 0.29) is 27.1 Å². The first-order valence-corrected chi connectivity index (χ1v) is 5.60. The van der Waals surface area contributed by atoms with E-state index in [2.05, 4.69) is 11.9 Å². The van der Waals surface area contributed by atoms with Gasteiger partial charge < -0.3 is 10.6 Å². The molecular formula is C11H23N2W-. The van der Waals surface area contributed by atoms with E-state index >= 15 is 0 Å². The maximum atomic E-state index is 7.51. The Hall–Kier alpha value is 0.608. The van der Waals surface area contributed by atoms with Crippen LogP contribution in [0.4, 0.5) is 0 Å². The number of rotatable bonds is 0. The van der Waals surface area contributed by atoms with Crippen LogP contribution in [0.1, 0.15) is 39.5 Å². The molecule has 0 aromatic carbocycles. The summed E-state index contributed by atoms with van der Waals surface area (Å²) in [5.41, 5.74) is 8.14. The van der Waals surface area contributed by atoms with Gasteiger partial charge >= 0.3 is 0 Å². The van der Waals surface area contributed by atoms with E-state index in [1.165, 1.54) is 38.8 Å². The Balaban J connectivity index is 0.000000531. The van der Waals surface area contributed by atoms with E-state index in [0.29, 0.717) is 5.41 Å². The zero-order valence-electron chi connectivity index (χ0n) is 9.68. The molecule has 1 aliphatic heterocycles. The summed E-state index contributed by atoms with van der Waals surface area (Å²) >= 11 is 0. The molecule has 14 heavy (non-hydrogen) atoms. The van der Waals surface area contributed by atoms with Crippen molar-refractivity contribution in [1.29, 1.82) is 0 Å². The molecule has 84 valence electrons. The third-order valence-corrected chi connectivity index (χ3v) is 3.41. The summed E-state index contributed by atoms with van der Waals surface area (Å²) < 4.78 is 0. The van der Waals surface area contributed by atoms with Gasteiger partial charge in [-0.2, -0.15) is 0 Å². The van der Waals surface area contributed by atoms with Gasteiger partial charge in [0.15, 0.2) is 0 Å². The Morgan fingerprint density at radius 1 is 1.14 bits per heavy atom. The van der Waals surface area contributed by atoms with Crippen molar-refractivity contribution in [2.45, 2.75) is 45.6 Å². The number of hydrogen-bond donors (Lipinski definition) is 0. The van der Waals surface area contributed by atoms with Gasteiger partial charge in [-0.3, -0.25) is 0 Å². The molecule has 2 aliphatic rings. The summed E-state index contributed by atoms with van der Waals surface area (Å²) in [4.78, 5) is 2.41. The molecule has 1 aliphatic carbocycles. The summed E-state index contributed by atoms with van der Waals surface area (Å²) in [6.45, 7) is 6.51. The van der Waals surface area contributed by atoms with Crippen LogP contribution in [0.15, 0.2) is 0 Å². The van der Waals surface area contributed by atoms with Crippen molar-refractivity contribution in [3.8, 4) is 0 Å². The fourth-order valence-corrected chi connectivity index (χ4v) is 2.49. The van der Waals surface area contributed by atoms with Gasteiger partial charge in [-0.25, -0.2) is 0 Å². The van der Waals surface area contributed by atoms with Gasteiger partial charge in [0, 0.05) is 21.1 Å². The van der Waals surface area contributed by atoms with Gasteiger partial charge in [0.05, 0.1) is 0 Å². The van der Waals surface area contributed by atoms with Gasteiger partial charge in [-0.1, -0.05) is 26.7 Å². The van der Waals surface area contributed by atoms with Crippen molar-refractivity contribution in [3.63, 3.8) is 0 Å². The summed E-state index contributed by atoms with van der Waals surface area (Å²) in [6, 6.07) is 0.276. The number of piperidine rings is 1. The Morgan fingerprint density at radius 3 is 1.93 bits per heavy atom. The minimum Gasteiger partial charge on any atom is -0.675 e. The van der Waals surface area contributed by atoms with E-state index < -0.39 is 0 Å². The van der Waals surface area contributed by atoms with E-state index in [0.717, 1.165) is 0 Å². The first-order chi connectivity index (χ1) is 6.20. The van der Waals surface area contributed by atoms with Gasteiger partial charge in [-0.15, -0.1) is 6.04 Å². The normalized spacial score (nSPS) is 25.7. The van der Waals surface area contributed by atoms with Crippen LogP contribution in [0.5, 0.6) is 0 Å². The molecule has 0 radical (unpaired) electrons. The van der Waals surface area contributed by atoms with Crippen molar-refractivity contribution >= 4 is 0 Å². The first kappa shape index (κ1) is 14.6. The van der Waals surface area contributed by atoms with Gasteiger partial charge in [0.2, 0.25) is 0 Å². The van der Waals surface area contributed by atoms with E-state index in [1.54, 1.807) is 0 Å². The molecule has 1 spiro atoms. The topological polar surface area (TPSA) is 27.0 Å². The first-order valence-electron chi connectivity index (χ1n) is 5.60. The molecular weight excluding hydrogens is 344 g/mol. The second-order valence-corrected chi connectivity index (χ2v) is 4.41. The van der Waals surface area contributed by atoms with Crippen LogP contribution >= 0.6 is 0 Å². The molecule has 1 saturated heterocycles. The molecule has 1 N–H and O–H groups in total. The van der Waals surface area contributed by atoms with E-state index in [9.17, 15) is 0 Å². The molecule has 0 atom stereocenters. The summed E-state index contributed by atoms with van der Waals surface area (Å²) in [7, 11) is 2.20. The van der Waals surface area contributed by atoms with E-state index in [1.807, 2.05) is 13.8 Å². The molecule has 3 heteroatoms. The second kappa shape index (κ2) is 6.25. The zero-order valence-corrected chi connectivity index (χ0v) is 12.6. The summed E-state index contributed by atoms with van der Waals surface area (Å²) in [5.74, 6) is 0. The molecule has 0 aromatic heterocycles. The summed E-state index contributed by atoms with van der Waals surface area (Å²) in [6.07, 6.45) is 5.06. The molecule has 0 bridgehead atoms. The molecule has 0 aromatic rings. The Morgan fingerprint density at radius 2 is 1.57 bits per heavy atom. The number of hydrogen-bond acceptors (Lipinski definition) is 1. The summed E-state index contributed by atoms with van der Waals surface area (Å²) in [5, 5.41) is 0. The van der Waals surface area contributed by atoms with Crippen molar-refractivity contribution in [2.24, 2.45) is 5.41 Å².